The molecule has 2 aliphatic carbocycles. The molecule has 3 nitrogen and oxygen atoms in total. The van der Waals surface area contributed by atoms with Crippen molar-refractivity contribution in [3.8, 4) is 0 Å². The van der Waals surface area contributed by atoms with Crippen molar-refractivity contribution in [1.82, 2.24) is 0 Å². The predicted octanol–water partition coefficient (Wildman–Crippen LogP) is 6.34. The highest BCUT2D eigenvalue weighted by Crippen LogP contribution is 2.56. The van der Waals surface area contributed by atoms with Crippen LogP contribution in [0, 0.1) is 11.8 Å². The number of fused-ring (bicyclic) bond motifs is 4. The molecule has 0 amide bonds. The fourth-order valence-corrected chi connectivity index (χ4v) is 7.05. The molecule has 4 heteroatoms. The van der Waals surface area contributed by atoms with Crippen molar-refractivity contribution < 1.29 is 4.79 Å². The lowest BCUT2D eigenvalue weighted by atomic mass is 9.75. The summed E-state index contributed by atoms with van der Waals surface area (Å²) in [4.78, 5) is 15.5. The van der Waals surface area contributed by atoms with E-state index in [9.17, 15) is 4.79 Å². The average Bonchev–Trinajstić information content (AvgIpc) is 3.42. The highest BCUT2D eigenvalue weighted by Gasteiger charge is 2.44. The number of nitrogens with zero attached hydrogens (tertiary/aromatic N) is 1. The number of rotatable bonds is 4. The number of carbonyl (C=O) groups excluding carboxylic acids is 1. The van der Waals surface area contributed by atoms with Crippen LogP contribution in [0.3, 0.4) is 0 Å². The summed E-state index contributed by atoms with van der Waals surface area (Å²) in [7, 11) is 0. The maximum atomic E-state index is 12.7. The smallest absolute Gasteiger partial charge is 0.181 e. The van der Waals surface area contributed by atoms with Crippen molar-refractivity contribution in [3.05, 3.63) is 57.6 Å². The third-order valence-electron chi connectivity index (χ3n) is 8.13. The number of nitrogens with one attached hydrogen (secondary N) is 1. The van der Waals surface area contributed by atoms with E-state index in [0.29, 0.717) is 6.54 Å². The standard InChI is InChI=1S/C26H29BrN2O/c27-19-9-7-16(8-10-19)25(30)13-28-20-11-23-21-5-1-3-17(21)14-29-15-18-4-2-6-22(18)24(12-20)26(23)29/h7-12,17-18,21-22,28H,1-6,13-15H2. The van der Waals surface area contributed by atoms with E-state index >= 15 is 0 Å². The van der Waals surface area contributed by atoms with Crippen molar-refractivity contribution in [2.75, 3.05) is 29.9 Å². The zero-order chi connectivity index (χ0) is 20.2. The second-order valence-electron chi connectivity index (χ2n) is 9.79. The first-order chi connectivity index (χ1) is 14.7. The zero-order valence-corrected chi connectivity index (χ0v) is 19.0. The summed E-state index contributed by atoms with van der Waals surface area (Å²) in [6.07, 6.45) is 8.16. The summed E-state index contributed by atoms with van der Waals surface area (Å²) in [5.41, 5.74) is 6.64. The van der Waals surface area contributed by atoms with Gasteiger partial charge in [0.2, 0.25) is 0 Å². The van der Waals surface area contributed by atoms with Gasteiger partial charge in [-0.25, -0.2) is 0 Å². The van der Waals surface area contributed by atoms with E-state index in [4.69, 9.17) is 0 Å². The Bertz CT molecular complexity index is 940. The minimum Gasteiger partial charge on any atom is -0.378 e. The number of Topliss-reactive ketones (excluding diaryl/α,β-unsaturated/α-hetero) is 1. The second-order valence-corrected chi connectivity index (χ2v) is 10.7. The van der Waals surface area contributed by atoms with E-state index in [2.05, 4.69) is 38.3 Å². The number of halogens is 1. The van der Waals surface area contributed by atoms with Crippen LogP contribution in [0.15, 0.2) is 40.9 Å². The van der Waals surface area contributed by atoms with Crippen LogP contribution < -0.4 is 10.2 Å². The molecule has 2 aromatic rings. The molecule has 0 saturated heterocycles. The van der Waals surface area contributed by atoms with Gasteiger partial charge in [0.25, 0.3) is 0 Å². The van der Waals surface area contributed by atoms with Crippen LogP contribution in [0.5, 0.6) is 0 Å². The number of carbonyl (C=O) groups is 1. The molecule has 4 aliphatic rings. The molecule has 4 unspecified atom stereocenters. The van der Waals surface area contributed by atoms with Gasteiger partial charge in [-0.15, -0.1) is 0 Å². The molecular weight excluding hydrogens is 436 g/mol. The van der Waals surface area contributed by atoms with Crippen LogP contribution in [0.1, 0.15) is 71.8 Å². The Balaban J connectivity index is 1.33. The Morgan fingerprint density at radius 3 is 2.13 bits per heavy atom. The Kier molecular flexibility index (Phi) is 4.67. The number of hydrogen-bond acceptors (Lipinski definition) is 3. The summed E-state index contributed by atoms with van der Waals surface area (Å²) in [6, 6.07) is 12.4. The largest absolute Gasteiger partial charge is 0.378 e. The van der Waals surface area contributed by atoms with Crippen LogP contribution in [0.25, 0.3) is 0 Å². The number of hydrogen-bond donors (Lipinski definition) is 1. The van der Waals surface area contributed by atoms with Crippen LogP contribution in [0.2, 0.25) is 0 Å². The maximum Gasteiger partial charge on any atom is 0.181 e. The molecule has 1 N–H and O–H groups in total. The van der Waals surface area contributed by atoms with E-state index in [1.165, 1.54) is 51.6 Å². The van der Waals surface area contributed by atoms with Crippen molar-refractivity contribution >= 4 is 33.1 Å². The normalized spacial score (nSPS) is 28.6. The molecule has 30 heavy (non-hydrogen) atoms. The zero-order valence-electron chi connectivity index (χ0n) is 17.4. The molecule has 156 valence electrons. The Hall–Kier alpha value is -1.81. The maximum absolute atomic E-state index is 12.7. The first kappa shape index (κ1) is 18.9. The number of ketones is 1. The average molecular weight is 465 g/mol. The fraction of sp³-hybridized carbons (Fsp3) is 0.500. The van der Waals surface area contributed by atoms with E-state index < -0.39 is 0 Å². The molecule has 2 fully saturated rings. The van der Waals surface area contributed by atoms with E-state index in [1.807, 2.05) is 24.3 Å². The molecule has 4 atom stereocenters. The van der Waals surface area contributed by atoms with Gasteiger partial charge in [-0.1, -0.05) is 40.9 Å². The Labute approximate surface area is 187 Å². The van der Waals surface area contributed by atoms with E-state index in [-0.39, 0.29) is 5.78 Å². The summed E-state index contributed by atoms with van der Waals surface area (Å²) in [5, 5.41) is 3.50. The van der Waals surface area contributed by atoms with Crippen LogP contribution in [-0.2, 0) is 0 Å². The monoisotopic (exact) mass is 464 g/mol. The minimum absolute atomic E-state index is 0.146. The SMILES string of the molecule is O=C(CNc1cc2c3c(c1)C1CCCC1CN3CC1CCCC21)c1ccc(Br)cc1. The van der Waals surface area contributed by atoms with E-state index in [1.54, 1.807) is 16.8 Å². The van der Waals surface area contributed by atoms with Gasteiger partial charge in [0.15, 0.2) is 5.78 Å². The summed E-state index contributed by atoms with van der Waals surface area (Å²) >= 11 is 3.45. The minimum atomic E-state index is 0.146. The van der Waals surface area contributed by atoms with Crippen LogP contribution in [-0.4, -0.2) is 25.4 Å². The molecular formula is C26H29BrN2O. The van der Waals surface area contributed by atoms with Gasteiger partial charge < -0.3 is 10.2 Å². The molecule has 0 radical (unpaired) electrons. The summed E-state index contributed by atoms with van der Waals surface area (Å²) < 4.78 is 1.00. The van der Waals surface area contributed by atoms with Gasteiger partial charge >= 0.3 is 0 Å². The van der Waals surface area contributed by atoms with Crippen molar-refractivity contribution in [1.29, 1.82) is 0 Å². The van der Waals surface area contributed by atoms with Gasteiger partial charge in [-0.05, 0) is 84.7 Å². The molecule has 2 aliphatic heterocycles. The topological polar surface area (TPSA) is 32.3 Å². The predicted molar refractivity (Wildman–Crippen MR) is 126 cm³/mol. The van der Waals surface area contributed by atoms with Crippen LogP contribution in [0.4, 0.5) is 11.4 Å². The quantitative estimate of drug-likeness (QED) is 0.535. The lowest BCUT2D eigenvalue weighted by molar-refractivity contribution is 0.101. The number of anilines is 2. The van der Waals surface area contributed by atoms with Gasteiger partial charge in [0.1, 0.15) is 0 Å². The van der Waals surface area contributed by atoms with Gasteiger partial charge in [-0.2, -0.15) is 0 Å². The van der Waals surface area contributed by atoms with Crippen molar-refractivity contribution in [3.63, 3.8) is 0 Å². The third-order valence-corrected chi connectivity index (χ3v) is 8.66. The summed E-state index contributed by atoms with van der Waals surface area (Å²) in [6.45, 7) is 2.89. The van der Waals surface area contributed by atoms with Crippen molar-refractivity contribution in [2.45, 2.75) is 50.4 Å². The Morgan fingerprint density at radius 2 is 1.53 bits per heavy atom. The lowest BCUT2D eigenvalue weighted by Gasteiger charge is -2.46. The summed E-state index contributed by atoms with van der Waals surface area (Å²) in [5.74, 6) is 3.23. The first-order valence-corrected chi connectivity index (χ1v) is 12.4. The first-order valence-electron chi connectivity index (χ1n) is 11.6. The lowest BCUT2D eigenvalue weighted by Crippen LogP contribution is -2.43. The molecule has 0 aromatic heterocycles. The Morgan fingerprint density at radius 1 is 0.933 bits per heavy atom. The molecule has 0 bridgehead atoms. The van der Waals surface area contributed by atoms with Gasteiger partial charge in [0.05, 0.1) is 6.54 Å². The highest BCUT2D eigenvalue weighted by molar-refractivity contribution is 9.10. The molecule has 0 spiro atoms. The van der Waals surface area contributed by atoms with Gasteiger partial charge in [-0.3, -0.25) is 4.79 Å². The van der Waals surface area contributed by atoms with Gasteiger partial charge in [0, 0.05) is 34.5 Å². The second kappa shape index (κ2) is 7.40. The molecule has 2 aromatic carbocycles. The fourth-order valence-electron chi connectivity index (χ4n) is 6.79. The van der Waals surface area contributed by atoms with Crippen molar-refractivity contribution in [2.24, 2.45) is 11.8 Å². The molecule has 2 saturated carbocycles. The molecule has 6 rings (SSSR count). The highest BCUT2D eigenvalue weighted by atomic mass is 79.9. The van der Waals surface area contributed by atoms with E-state index in [0.717, 1.165) is 39.4 Å². The number of benzene rings is 2. The molecule has 2 heterocycles. The van der Waals surface area contributed by atoms with Crippen LogP contribution >= 0.6 is 15.9 Å². The third kappa shape index (κ3) is 3.10.